The Balaban J connectivity index is 2.42. The first-order valence-corrected chi connectivity index (χ1v) is 7.18. The molecule has 1 heterocycles. The van der Waals surface area contributed by atoms with Gasteiger partial charge < -0.3 is 10.2 Å². The van der Waals surface area contributed by atoms with Gasteiger partial charge in [0.05, 0.1) is 0 Å². The van der Waals surface area contributed by atoms with Gasteiger partial charge in [0.15, 0.2) is 0 Å². The molecule has 0 saturated carbocycles. The first kappa shape index (κ1) is 14.5. The second-order valence-corrected chi connectivity index (χ2v) is 5.35. The van der Waals surface area contributed by atoms with Crippen LogP contribution in [0.4, 0.5) is 0 Å². The Labute approximate surface area is 106 Å². The number of amides is 1. The summed E-state index contributed by atoms with van der Waals surface area (Å²) in [6.07, 6.45) is 5.33. The highest BCUT2D eigenvalue weighted by Gasteiger charge is 2.21. The summed E-state index contributed by atoms with van der Waals surface area (Å²) in [6, 6.07) is 0.530. The van der Waals surface area contributed by atoms with Gasteiger partial charge in [0, 0.05) is 25.6 Å². The van der Waals surface area contributed by atoms with Gasteiger partial charge in [0.1, 0.15) is 0 Å². The second kappa shape index (κ2) is 7.70. The van der Waals surface area contributed by atoms with E-state index in [1.54, 1.807) is 0 Å². The molecule has 1 saturated heterocycles. The molecule has 0 spiro atoms. The van der Waals surface area contributed by atoms with E-state index >= 15 is 0 Å². The molecule has 0 bridgehead atoms. The summed E-state index contributed by atoms with van der Waals surface area (Å²) in [7, 11) is 0. The third-order valence-corrected chi connectivity index (χ3v) is 3.67. The zero-order chi connectivity index (χ0) is 12.7. The molecule has 3 heteroatoms. The van der Waals surface area contributed by atoms with Gasteiger partial charge in [-0.15, -0.1) is 0 Å². The number of hydrogen-bond donors (Lipinski definition) is 1. The standard InChI is InChI=1S/C14H28N2O/c1-4-9-16(11-13-7-6-8-15-13)14(17)10-12(3)5-2/h12-13,15H,4-11H2,1-3H3. The number of nitrogens with zero attached hydrogens (tertiary/aromatic N) is 1. The molecule has 1 aliphatic rings. The Morgan fingerprint density at radius 1 is 1.47 bits per heavy atom. The van der Waals surface area contributed by atoms with Crippen LogP contribution < -0.4 is 5.32 Å². The number of nitrogens with one attached hydrogen (secondary N) is 1. The Morgan fingerprint density at radius 2 is 2.24 bits per heavy atom. The van der Waals surface area contributed by atoms with Gasteiger partial charge in [-0.1, -0.05) is 27.2 Å². The molecule has 1 aliphatic heterocycles. The Kier molecular flexibility index (Phi) is 6.56. The zero-order valence-electron chi connectivity index (χ0n) is 11.7. The van der Waals surface area contributed by atoms with E-state index in [2.05, 4.69) is 31.0 Å². The van der Waals surface area contributed by atoms with Crippen LogP contribution in [-0.4, -0.2) is 36.5 Å². The molecule has 0 aromatic heterocycles. The Morgan fingerprint density at radius 3 is 2.76 bits per heavy atom. The second-order valence-electron chi connectivity index (χ2n) is 5.35. The first-order chi connectivity index (χ1) is 8.17. The molecule has 1 amide bonds. The lowest BCUT2D eigenvalue weighted by Gasteiger charge is -2.26. The summed E-state index contributed by atoms with van der Waals surface area (Å²) in [6.45, 7) is 9.39. The molecule has 1 rings (SSSR count). The van der Waals surface area contributed by atoms with E-state index in [9.17, 15) is 4.79 Å². The molecule has 17 heavy (non-hydrogen) atoms. The number of rotatable bonds is 7. The number of hydrogen-bond acceptors (Lipinski definition) is 2. The minimum Gasteiger partial charge on any atom is -0.341 e. The van der Waals surface area contributed by atoms with E-state index in [4.69, 9.17) is 0 Å². The average Bonchev–Trinajstić information content (AvgIpc) is 2.81. The lowest BCUT2D eigenvalue weighted by molar-refractivity contribution is -0.132. The maximum absolute atomic E-state index is 12.2. The van der Waals surface area contributed by atoms with Crippen LogP contribution in [0.2, 0.25) is 0 Å². The van der Waals surface area contributed by atoms with Crippen molar-refractivity contribution in [2.24, 2.45) is 5.92 Å². The third kappa shape index (κ3) is 5.07. The molecule has 2 unspecified atom stereocenters. The van der Waals surface area contributed by atoms with Gasteiger partial charge in [-0.2, -0.15) is 0 Å². The van der Waals surface area contributed by atoms with E-state index in [-0.39, 0.29) is 0 Å². The van der Waals surface area contributed by atoms with Crippen LogP contribution in [0.3, 0.4) is 0 Å². The summed E-state index contributed by atoms with van der Waals surface area (Å²) >= 11 is 0. The maximum Gasteiger partial charge on any atom is 0.222 e. The van der Waals surface area contributed by atoms with Gasteiger partial charge in [0.2, 0.25) is 5.91 Å². The maximum atomic E-state index is 12.2. The van der Waals surface area contributed by atoms with Crippen LogP contribution in [0, 0.1) is 5.92 Å². The van der Waals surface area contributed by atoms with Crippen molar-refractivity contribution in [3.63, 3.8) is 0 Å². The quantitative estimate of drug-likeness (QED) is 0.741. The summed E-state index contributed by atoms with van der Waals surface area (Å²) < 4.78 is 0. The van der Waals surface area contributed by atoms with Gasteiger partial charge in [-0.25, -0.2) is 0 Å². The molecular formula is C14H28N2O. The minimum atomic E-state index is 0.343. The van der Waals surface area contributed by atoms with Crippen LogP contribution >= 0.6 is 0 Å². The fraction of sp³-hybridized carbons (Fsp3) is 0.929. The largest absolute Gasteiger partial charge is 0.341 e. The highest BCUT2D eigenvalue weighted by molar-refractivity contribution is 5.76. The predicted molar refractivity (Wildman–Crippen MR) is 72.0 cm³/mol. The van der Waals surface area contributed by atoms with Gasteiger partial charge in [0.25, 0.3) is 0 Å². The van der Waals surface area contributed by atoms with Crippen molar-refractivity contribution >= 4 is 5.91 Å². The van der Waals surface area contributed by atoms with Crippen LogP contribution in [0.5, 0.6) is 0 Å². The fourth-order valence-corrected chi connectivity index (χ4v) is 2.34. The molecule has 2 atom stereocenters. The molecule has 1 N–H and O–H groups in total. The normalized spacial score (nSPS) is 21.5. The van der Waals surface area contributed by atoms with Crippen molar-refractivity contribution < 1.29 is 4.79 Å². The van der Waals surface area contributed by atoms with Crippen LogP contribution in [0.25, 0.3) is 0 Å². The summed E-state index contributed by atoms with van der Waals surface area (Å²) in [4.78, 5) is 14.3. The third-order valence-electron chi connectivity index (χ3n) is 3.67. The average molecular weight is 240 g/mol. The van der Waals surface area contributed by atoms with E-state index < -0.39 is 0 Å². The van der Waals surface area contributed by atoms with Crippen molar-refractivity contribution in [3.8, 4) is 0 Å². The topological polar surface area (TPSA) is 32.3 Å². The molecule has 3 nitrogen and oxygen atoms in total. The molecular weight excluding hydrogens is 212 g/mol. The Bertz CT molecular complexity index is 224. The van der Waals surface area contributed by atoms with Gasteiger partial charge >= 0.3 is 0 Å². The van der Waals surface area contributed by atoms with E-state index in [1.165, 1.54) is 12.8 Å². The lowest BCUT2D eigenvalue weighted by Crippen LogP contribution is -2.41. The van der Waals surface area contributed by atoms with Crippen molar-refractivity contribution in [1.29, 1.82) is 0 Å². The van der Waals surface area contributed by atoms with Crippen molar-refractivity contribution in [3.05, 3.63) is 0 Å². The first-order valence-electron chi connectivity index (χ1n) is 7.18. The molecule has 0 aliphatic carbocycles. The van der Waals surface area contributed by atoms with E-state index in [1.807, 2.05) is 0 Å². The van der Waals surface area contributed by atoms with Crippen molar-refractivity contribution in [2.75, 3.05) is 19.6 Å². The smallest absolute Gasteiger partial charge is 0.222 e. The highest BCUT2D eigenvalue weighted by Crippen LogP contribution is 2.12. The SMILES string of the molecule is CCCN(CC1CCCN1)C(=O)CC(C)CC. The number of carbonyl (C=O) groups is 1. The summed E-state index contributed by atoms with van der Waals surface area (Å²) in [5.41, 5.74) is 0. The van der Waals surface area contributed by atoms with Crippen molar-refractivity contribution in [1.82, 2.24) is 10.2 Å². The Hall–Kier alpha value is -0.570. The summed E-state index contributed by atoms with van der Waals surface area (Å²) in [5, 5.41) is 3.47. The fourth-order valence-electron chi connectivity index (χ4n) is 2.34. The minimum absolute atomic E-state index is 0.343. The lowest BCUT2D eigenvalue weighted by atomic mass is 10.0. The molecule has 1 fully saturated rings. The van der Waals surface area contributed by atoms with Crippen LogP contribution in [0.15, 0.2) is 0 Å². The molecule has 0 radical (unpaired) electrons. The van der Waals surface area contributed by atoms with Gasteiger partial charge in [-0.05, 0) is 31.7 Å². The monoisotopic (exact) mass is 240 g/mol. The molecule has 0 aromatic carbocycles. The van der Waals surface area contributed by atoms with E-state index in [0.29, 0.717) is 24.3 Å². The summed E-state index contributed by atoms with van der Waals surface area (Å²) in [5.74, 6) is 0.855. The van der Waals surface area contributed by atoms with E-state index in [0.717, 1.165) is 32.5 Å². The number of carbonyl (C=O) groups excluding carboxylic acids is 1. The molecule has 100 valence electrons. The van der Waals surface area contributed by atoms with Crippen molar-refractivity contribution in [2.45, 2.75) is 58.9 Å². The van der Waals surface area contributed by atoms with Gasteiger partial charge in [-0.3, -0.25) is 4.79 Å². The predicted octanol–water partition coefficient (Wildman–Crippen LogP) is 2.41. The molecule has 0 aromatic rings. The van der Waals surface area contributed by atoms with Crippen LogP contribution in [0.1, 0.15) is 52.9 Å². The highest BCUT2D eigenvalue weighted by atomic mass is 16.2. The van der Waals surface area contributed by atoms with Crippen LogP contribution in [-0.2, 0) is 4.79 Å². The zero-order valence-corrected chi connectivity index (χ0v) is 11.7.